The molecule has 0 bridgehead atoms. The molecule has 1 aliphatic rings. The first-order valence-electron chi connectivity index (χ1n) is 4.16. The molecule has 1 saturated heterocycles. The van der Waals surface area contributed by atoms with Gasteiger partial charge < -0.3 is 9.88 Å². The third-order valence-corrected chi connectivity index (χ3v) is 2.09. The topological polar surface area (TPSA) is 49.0 Å². The second kappa shape index (κ2) is 2.97. The summed E-state index contributed by atoms with van der Waals surface area (Å²) >= 11 is 0. The summed E-state index contributed by atoms with van der Waals surface area (Å²) in [5, 5.41) is 0. The van der Waals surface area contributed by atoms with Crippen molar-refractivity contribution in [3.63, 3.8) is 0 Å². The molecule has 1 aromatic heterocycles. The molecule has 0 unspecified atom stereocenters. The Morgan fingerprint density at radius 1 is 1.42 bits per heavy atom. The van der Waals surface area contributed by atoms with Gasteiger partial charge >= 0.3 is 0 Å². The van der Waals surface area contributed by atoms with Crippen molar-refractivity contribution in [3.8, 4) is 0 Å². The molecule has 0 amide bonds. The third kappa shape index (κ3) is 1.20. The Balaban J connectivity index is 2.32. The average Bonchev–Trinajstić information content (AvgIpc) is 2.57. The molecule has 1 aromatic rings. The van der Waals surface area contributed by atoms with Crippen LogP contribution in [-0.4, -0.2) is 23.1 Å². The number of rotatable bonds is 1. The lowest BCUT2D eigenvalue weighted by Gasteiger charge is -2.13. The highest BCUT2D eigenvalue weighted by Gasteiger charge is 2.15. The lowest BCUT2D eigenvalue weighted by molar-refractivity contribution is 0.912. The van der Waals surface area contributed by atoms with E-state index >= 15 is 0 Å². The Labute approximate surface area is 70.2 Å². The number of nitrogens with zero attached hydrogens (tertiary/aromatic N) is 2. The van der Waals surface area contributed by atoms with Gasteiger partial charge in [0.25, 0.3) is 5.56 Å². The largest absolute Gasteiger partial charge is 0.352 e. The normalized spacial score (nSPS) is 16.8. The zero-order valence-corrected chi connectivity index (χ0v) is 6.79. The lowest BCUT2D eigenvalue weighted by atomic mass is 10.4. The maximum Gasteiger partial charge on any atom is 0.290 e. The van der Waals surface area contributed by atoms with Crippen LogP contribution in [0.3, 0.4) is 0 Å². The number of nitrogens with one attached hydrogen (secondary N) is 1. The summed E-state index contributed by atoms with van der Waals surface area (Å²) in [6.07, 6.45) is 5.50. The van der Waals surface area contributed by atoms with Gasteiger partial charge in [0.2, 0.25) is 0 Å². The van der Waals surface area contributed by atoms with Gasteiger partial charge in [0, 0.05) is 25.5 Å². The minimum Gasteiger partial charge on any atom is -0.352 e. The van der Waals surface area contributed by atoms with E-state index in [-0.39, 0.29) is 5.56 Å². The summed E-state index contributed by atoms with van der Waals surface area (Å²) in [6.45, 7) is 1.92. The zero-order valence-electron chi connectivity index (χ0n) is 6.79. The van der Waals surface area contributed by atoms with Gasteiger partial charge in [-0.3, -0.25) is 4.79 Å². The lowest BCUT2D eigenvalue weighted by Crippen LogP contribution is -2.26. The molecule has 0 aromatic carbocycles. The van der Waals surface area contributed by atoms with Crippen LogP contribution in [0, 0.1) is 0 Å². The maximum atomic E-state index is 11.2. The smallest absolute Gasteiger partial charge is 0.290 e. The maximum absolute atomic E-state index is 11.2. The molecule has 1 N–H and O–H groups in total. The molecule has 0 radical (unpaired) electrons. The van der Waals surface area contributed by atoms with Crippen molar-refractivity contribution in [1.82, 2.24) is 9.97 Å². The fraction of sp³-hybridized carbons (Fsp3) is 0.500. The molecular weight excluding hydrogens is 154 g/mol. The highest BCUT2D eigenvalue weighted by atomic mass is 16.1. The molecule has 0 aliphatic carbocycles. The van der Waals surface area contributed by atoms with Gasteiger partial charge in [0.05, 0.1) is 0 Å². The van der Waals surface area contributed by atoms with Crippen LogP contribution in [0.1, 0.15) is 12.8 Å². The minimum absolute atomic E-state index is 0.0839. The molecule has 12 heavy (non-hydrogen) atoms. The van der Waals surface area contributed by atoms with Crippen LogP contribution < -0.4 is 10.5 Å². The second-order valence-corrected chi connectivity index (χ2v) is 2.94. The van der Waals surface area contributed by atoms with Crippen molar-refractivity contribution in [2.75, 3.05) is 18.0 Å². The quantitative estimate of drug-likeness (QED) is 0.654. The van der Waals surface area contributed by atoms with Gasteiger partial charge in [0.15, 0.2) is 5.82 Å². The number of H-pyrrole nitrogens is 1. The molecule has 2 heterocycles. The predicted molar refractivity (Wildman–Crippen MR) is 46.3 cm³/mol. The molecule has 1 fully saturated rings. The van der Waals surface area contributed by atoms with E-state index in [2.05, 4.69) is 9.97 Å². The van der Waals surface area contributed by atoms with E-state index in [9.17, 15) is 4.79 Å². The van der Waals surface area contributed by atoms with Gasteiger partial charge in [-0.15, -0.1) is 0 Å². The Hall–Kier alpha value is -1.32. The summed E-state index contributed by atoms with van der Waals surface area (Å²) in [7, 11) is 0. The Morgan fingerprint density at radius 3 is 2.83 bits per heavy atom. The zero-order chi connectivity index (χ0) is 8.39. The second-order valence-electron chi connectivity index (χ2n) is 2.94. The van der Waals surface area contributed by atoms with E-state index in [0.717, 1.165) is 25.9 Å². The fourth-order valence-corrected chi connectivity index (χ4v) is 1.50. The van der Waals surface area contributed by atoms with E-state index in [1.165, 1.54) is 0 Å². The first kappa shape index (κ1) is 7.34. The van der Waals surface area contributed by atoms with E-state index in [1.54, 1.807) is 12.4 Å². The van der Waals surface area contributed by atoms with Gasteiger partial charge in [-0.1, -0.05) is 0 Å². The van der Waals surface area contributed by atoms with Crippen LogP contribution in [-0.2, 0) is 0 Å². The van der Waals surface area contributed by atoms with Gasteiger partial charge in [-0.25, -0.2) is 4.98 Å². The van der Waals surface area contributed by atoms with Crippen molar-refractivity contribution < 1.29 is 0 Å². The van der Waals surface area contributed by atoms with Crippen molar-refractivity contribution in [1.29, 1.82) is 0 Å². The Kier molecular flexibility index (Phi) is 1.81. The summed E-state index contributed by atoms with van der Waals surface area (Å²) in [5.41, 5.74) is -0.0839. The summed E-state index contributed by atoms with van der Waals surface area (Å²) < 4.78 is 0. The molecular formula is C8H11N3O. The molecule has 64 valence electrons. The van der Waals surface area contributed by atoms with Crippen LogP contribution in [0.4, 0.5) is 5.82 Å². The first-order chi connectivity index (χ1) is 5.88. The Bertz CT molecular complexity index is 314. The molecule has 4 heteroatoms. The van der Waals surface area contributed by atoms with Crippen LogP contribution in [0.15, 0.2) is 17.2 Å². The average molecular weight is 165 g/mol. The van der Waals surface area contributed by atoms with Gasteiger partial charge in [-0.2, -0.15) is 0 Å². The molecule has 4 nitrogen and oxygen atoms in total. The van der Waals surface area contributed by atoms with Crippen LogP contribution in [0.25, 0.3) is 0 Å². The highest BCUT2D eigenvalue weighted by Crippen LogP contribution is 2.12. The molecule has 0 atom stereocenters. The van der Waals surface area contributed by atoms with E-state index < -0.39 is 0 Å². The fourth-order valence-electron chi connectivity index (χ4n) is 1.50. The van der Waals surface area contributed by atoms with E-state index in [4.69, 9.17) is 0 Å². The molecule has 2 rings (SSSR count). The molecule has 0 saturated carbocycles. The number of hydrogen-bond donors (Lipinski definition) is 1. The minimum atomic E-state index is -0.0839. The third-order valence-electron chi connectivity index (χ3n) is 2.09. The number of aromatic amines is 1. The predicted octanol–water partition coefficient (Wildman–Crippen LogP) is 0.370. The van der Waals surface area contributed by atoms with Gasteiger partial charge in [-0.05, 0) is 12.8 Å². The summed E-state index contributed by atoms with van der Waals surface area (Å²) in [4.78, 5) is 19.9. The van der Waals surface area contributed by atoms with Crippen molar-refractivity contribution in [3.05, 3.63) is 22.7 Å². The van der Waals surface area contributed by atoms with Crippen molar-refractivity contribution in [2.24, 2.45) is 0 Å². The number of hydrogen-bond acceptors (Lipinski definition) is 3. The standard InChI is InChI=1S/C8H11N3O/c12-8-7(9-3-4-10-8)11-5-1-2-6-11/h3-4H,1-2,5-6H2,(H,10,12). The van der Waals surface area contributed by atoms with E-state index in [1.807, 2.05) is 4.90 Å². The molecule has 0 spiro atoms. The van der Waals surface area contributed by atoms with Crippen molar-refractivity contribution >= 4 is 5.82 Å². The number of aromatic nitrogens is 2. The monoisotopic (exact) mass is 165 g/mol. The van der Waals surface area contributed by atoms with Crippen LogP contribution >= 0.6 is 0 Å². The number of anilines is 1. The highest BCUT2D eigenvalue weighted by molar-refractivity contribution is 5.35. The van der Waals surface area contributed by atoms with Crippen LogP contribution in [0.5, 0.6) is 0 Å². The van der Waals surface area contributed by atoms with E-state index in [0.29, 0.717) is 5.82 Å². The van der Waals surface area contributed by atoms with Crippen molar-refractivity contribution in [2.45, 2.75) is 12.8 Å². The first-order valence-corrected chi connectivity index (χ1v) is 4.16. The van der Waals surface area contributed by atoms with Gasteiger partial charge in [0.1, 0.15) is 0 Å². The summed E-state index contributed by atoms with van der Waals surface area (Å²) in [5.74, 6) is 0.565. The van der Waals surface area contributed by atoms with Crippen LogP contribution in [0.2, 0.25) is 0 Å². The SMILES string of the molecule is O=c1[nH]ccnc1N1CCCC1. The Morgan fingerprint density at radius 2 is 2.17 bits per heavy atom. The summed E-state index contributed by atoms with van der Waals surface area (Å²) in [6, 6.07) is 0. The molecule has 1 aliphatic heterocycles.